The summed E-state index contributed by atoms with van der Waals surface area (Å²) in [6.07, 6.45) is 1.05. The van der Waals surface area contributed by atoms with Gasteiger partial charge in [-0.25, -0.2) is 0 Å². The predicted molar refractivity (Wildman–Crippen MR) is 49.9 cm³/mol. The van der Waals surface area contributed by atoms with Crippen molar-refractivity contribution in [3.63, 3.8) is 0 Å². The number of piperidine rings is 1. The van der Waals surface area contributed by atoms with Gasteiger partial charge in [0, 0.05) is 6.42 Å². The van der Waals surface area contributed by atoms with Crippen molar-refractivity contribution in [1.29, 1.82) is 0 Å². The maximum Gasteiger partial charge on any atom is 0.323 e. The Hall–Kier alpha value is -0.610. The van der Waals surface area contributed by atoms with E-state index < -0.39 is 0 Å². The van der Waals surface area contributed by atoms with Gasteiger partial charge in [0.15, 0.2) is 0 Å². The van der Waals surface area contributed by atoms with E-state index in [9.17, 15) is 9.59 Å². The van der Waals surface area contributed by atoms with Gasteiger partial charge in [-0.3, -0.25) is 14.9 Å². The van der Waals surface area contributed by atoms with Gasteiger partial charge in [-0.2, -0.15) is 0 Å². The number of nitrogens with one attached hydrogen (secondary N) is 1. The minimum Gasteiger partial charge on any atom is -0.465 e. The molecule has 1 saturated heterocycles. The lowest BCUT2D eigenvalue weighted by Gasteiger charge is -2.20. The summed E-state index contributed by atoms with van der Waals surface area (Å²) in [6.45, 7) is 2.46. The average molecular weight is 208 g/mol. The second-order valence-corrected chi connectivity index (χ2v) is 2.76. The molecule has 1 fully saturated rings. The smallest absolute Gasteiger partial charge is 0.323 e. The Morgan fingerprint density at radius 1 is 1.69 bits per heavy atom. The molecule has 5 heteroatoms. The summed E-state index contributed by atoms with van der Waals surface area (Å²) < 4.78 is 4.80. The molecule has 4 nitrogen and oxygen atoms in total. The number of esters is 1. The third-order valence-corrected chi connectivity index (χ3v) is 1.83. The highest BCUT2D eigenvalue weighted by molar-refractivity contribution is 5.85. The molecule has 1 aliphatic heterocycles. The molecule has 0 aromatic carbocycles. The number of ketones is 1. The summed E-state index contributed by atoms with van der Waals surface area (Å²) in [5.41, 5.74) is 0. The van der Waals surface area contributed by atoms with Gasteiger partial charge in [0.2, 0.25) is 0 Å². The zero-order valence-corrected chi connectivity index (χ0v) is 8.36. The number of carbonyl (C=O) groups excluding carboxylic acids is 2. The zero-order valence-electron chi connectivity index (χ0n) is 7.54. The van der Waals surface area contributed by atoms with Crippen LogP contribution in [0.1, 0.15) is 19.8 Å². The Bertz CT molecular complexity index is 186. The van der Waals surface area contributed by atoms with Crippen molar-refractivity contribution in [2.24, 2.45) is 0 Å². The van der Waals surface area contributed by atoms with E-state index in [0.29, 0.717) is 26.0 Å². The molecule has 0 spiro atoms. The minimum absolute atomic E-state index is 0. The Morgan fingerprint density at radius 3 is 2.85 bits per heavy atom. The van der Waals surface area contributed by atoms with Gasteiger partial charge in [-0.05, 0) is 13.3 Å². The first kappa shape index (κ1) is 12.4. The van der Waals surface area contributed by atoms with Crippen LogP contribution >= 0.6 is 12.4 Å². The largest absolute Gasteiger partial charge is 0.465 e. The quantitative estimate of drug-likeness (QED) is 0.662. The van der Waals surface area contributed by atoms with Gasteiger partial charge in [-0.1, -0.05) is 0 Å². The second kappa shape index (κ2) is 5.94. The van der Waals surface area contributed by atoms with Crippen LogP contribution in [0.2, 0.25) is 0 Å². The van der Waals surface area contributed by atoms with E-state index in [2.05, 4.69) is 5.32 Å². The molecular weight excluding hydrogens is 194 g/mol. The molecule has 0 saturated carbocycles. The lowest BCUT2D eigenvalue weighted by atomic mass is 10.0. The average Bonchev–Trinajstić information content (AvgIpc) is 2.06. The molecule has 1 N–H and O–H groups in total. The van der Waals surface area contributed by atoms with E-state index in [-0.39, 0.29) is 30.2 Å². The summed E-state index contributed by atoms with van der Waals surface area (Å²) in [5, 5.41) is 2.83. The standard InChI is InChI=1S/C8H13NO3.ClH/c1-2-12-8(11)7-4-3-6(10)5-9-7;/h7,9H,2-5H2,1H3;1H. The van der Waals surface area contributed by atoms with Crippen molar-refractivity contribution in [2.75, 3.05) is 13.2 Å². The van der Waals surface area contributed by atoms with Crippen LogP contribution in [0.4, 0.5) is 0 Å². The Kier molecular flexibility index (Phi) is 5.66. The molecule has 1 rings (SSSR count). The van der Waals surface area contributed by atoms with Crippen molar-refractivity contribution in [2.45, 2.75) is 25.8 Å². The molecule has 0 aliphatic carbocycles. The maximum absolute atomic E-state index is 11.1. The third-order valence-electron chi connectivity index (χ3n) is 1.83. The lowest BCUT2D eigenvalue weighted by molar-refractivity contribution is -0.146. The van der Waals surface area contributed by atoms with Gasteiger partial charge >= 0.3 is 5.97 Å². The highest BCUT2D eigenvalue weighted by Gasteiger charge is 2.24. The first-order valence-corrected chi connectivity index (χ1v) is 4.15. The summed E-state index contributed by atoms with van der Waals surface area (Å²) in [4.78, 5) is 21.9. The monoisotopic (exact) mass is 207 g/mol. The molecule has 76 valence electrons. The lowest BCUT2D eigenvalue weighted by Crippen LogP contribution is -2.45. The van der Waals surface area contributed by atoms with Crippen LogP contribution in [0.3, 0.4) is 0 Å². The van der Waals surface area contributed by atoms with Gasteiger partial charge in [0.25, 0.3) is 0 Å². The van der Waals surface area contributed by atoms with Gasteiger partial charge in [0.05, 0.1) is 13.2 Å². The second-order valence-electron chi connectivity index (χ2n) is 2.76. The number of Topliss-reactive ketones (excluding diaryl/α,β-unsaturated/α-hetero) is 1. The molecule has 0 radical (unpaired) electrons. The van der Waals surface area contributed by atoms with Crippen LogP contribution in [0, 0.1) is 0 Å². The highest BCUT2D eigenvalue weighted by atomic mass is 35.5. The van der Waals surface area contributed by atoms with Crippen molar-refractivity contribution in [1.82, 2.24) is 5.32 Å². The minimum atomic E-state index is -0.275. The summed E-state index contributed by atoms with van der Waals surface area (Å²) in [6, 6.07) is -0.275. The number of carbonyl (C=O) groups is 2. The molecule has 1 aliphatic rings. The first-order valence-electron chi connectivity index (χ1n) is 4.15. The predicted octanol–water partition coefficient (Wildman–Crippen LogP) is 0.292. The van der Waals surface area contributed by atoms with Crippen LogP contribution in [0.5, 0.6) is 0 Å². The van der Waals surface area contributed by atoms with Crippen molar-refractivity contribution >= 4 is 24.2 Å². The fraction of sp³-hybridized carbons (Fsp3) is 0.750. The number of halogens is 1. The van der Waals surface area contributed by atoms with Crippen molar-refractivity contribution < 1.29 is 14.3 Å². The Balaban J connectivity index is 0.00000144. The molecule has 0 aromatic rings. The number of hydrogen-bond donors (Lipinski definition) is 1. The van der Waals surface area contributed by atoms with Crippen LogP contribution in [0.25, 0.3) is 0 Å². The Labute approximate surface area is 83.4 Å². The maximum atomic E-state index is 11.1. The van der Waals surface area contributed by atoms with Crippen molar-refractivity contribution in [3.05, 3.63) is 0 Å². The van der Waals surface area contributed by atoms with Crippen LogP contribution in [-0.2, 0) is 14.3 Å². The van der Waals surface area contributed by atoms with E-state index in [1.807, 2.05) is 0 Å². The number of ether oxygens (including phenoxy) is 1. The summed E-state index contributed by atoms with van der Waals surface area (Å²) >= 11 is 0. The Morgan fingerprint density at radius 2 is 2.38 bits per heavy atom. The molecule has 0 bridgehead atoms. The fourth-order valence-corrected chi connectivity index (χ4v) is 1.18. The first-order chi connectivity index (χ1) is 5.74. The molecule has 1 atom stereocenters. The van der Waals surface area contributed by atoms with E-state index in [1.54, 1.807) is 6.92 Å². The van der Waals surface area contributed by atoms with Crippen molar-refractivity contribution in [3.8, 4) is 0 Å². The fourth-order valence-electron chi connectivity index (χ4n) is 1.18. The highest BCUT2D eigenvalue weighted by Crippen LogP contribution is 2.05. The van der Waals surface area contributed by atoms with E-state index in [4.69, 9.17) is 4.74 Å². The van der Waals surface area contributed by atoms with Gasteiger partial charge in [-0.15, -0.1) is 12.4 Å². The van der Waals surface area contributed by atoms with E-state index in [0.717, 1.165) is 0 Å². The molecule has 0 amide bonds. The topological polar surface area (TPSA) is 55.4 Å². The molecule has 13 heavy (non-hydrogen) atoms. The SMILES string of the molecule is CCOC(=O)C1CCC(=O)CN1.Cl. The molecule has 0 aromatic heterocycles. The molecule has 1 unspecified atom stereocenters. The normalized spacial score (nSPS) is 21.9. The number of rotatable bonds is 2. The van der Waals surface area contributed by atoms with E-state index >= 15 is 0 Å². The van der Waals surface area contributed by atoms with Gasteiger partial charge in [0.1, 0.15) is 11.8 Å². The zero-order chi connectivity index (χ0) is 8.97. The summed E-state index contributed by atoms with van der Waals surface area (Å²) in [7, 11) is 0. The van der Waals surface area contributed by atoms with Gasteiger partial charge < -0.3 is 4.74 Å². The summed E-state index contributed by atoms with van der Waals surface area (Å²) in [5.74, 6) is -0.0828. The van der Waals surface area contributed by atoms with Crippen LogP contribution in [-0.4, -0.2) is 30.9 Å². The van der Waals surface area contributed by atoms with Crippen LogP contribution < -0.4 is 5.32 Å². The van der Waals surface area contributed by atoms with Crippen LogP contribution in [0.15, 0.2) is 0 Å². The van der Waals surface area contributed by atoms with E-state index in [1.165, 1.54) is 0 Å². The number of hydrogen-bond acceptors (Lipinski definition) is 4. The molecular formula is C8H14ClNO3. The molecule has 1 heterocycles. The third kappa shape index (κ3) is 3.74.